The maximum atomic E-state index is 13.5. The molecule has 2 N–H and O–H groups in total. The second-order valence-electron chi connectivity index (χ2n) is 7.25. The minimum atomic E-state index is -3.25. The summed E-state index contributed by atoms with van der Waals surface area (Å²) < 4.78 is 39.3. The summed E-state index contributed by atoms with van der Waals surface area (Å²) in [5.74, 6) is -0.231. The summed E-state index contributed by atoms with van der Waals surface area (Å²) in [5.41, 5.74) is 6.00. The SMILES string of the molecule is CC(C)S(=O)(=O)N1CCC(C[C@H](N)C(=O)N2C[C@@H](F)CC2C#N)CC1. The van der Waals surface area contributed by atoms with E-state index in [2.05, 4.69) is 0 Å². The van der Waals surface area contributed by atoms with E-state index in [1.165, 1.54) is 9.21 Å². The molecule has 25 heavy (non-hydrogen) atoms. The van der Waals surface area contributed by atoms with Crippen LogP contribution in [-0.4, -0.2) is 66.7 Å². The minimum Gasteiger partial charge on any atom is -0.322 e. The lowest BCUT2D eigenvalue weighted by atomic mass is 9.91. The summed E-state index contributed by atoms with van der Waals surface area (Å²) in [6.45, 7) is 4.12. The van der Waals surface area contributed by atoms with Crippen LogP contribution in [0, 0.1) is 17.2 Å². The maximum Gasteiger partial charge on any atom is 0.240 e. The molecule has 9 heteroatoms. The van der Waals surface area contributed by atoms with Crippen molar-refractivity contribution < 1.29 is 17.6 Å². The average molecular weight is 374 g/mol. The molecule has 2 heterocycles. The Morgan fingerprint density at radius 2 is 1.96 bits per heavy atom. The summed E-state index contributed by atoms with van der Waals surface area (Å²) in [4.78, 5) is 13.7. The van der Waals surface area contributed by atoms with Gasteiger partial charge in [0.1, 0.15) is 12.2 Å². The van der Waals surface area contributed by atoms with Gasteiger partial charge in [-0.3, -0.25) is 4.79 Å². The Labute approximate surface area is 149 Å². The van der Waals surface area contributed by atoms with Gasteiger partial charge in [0.05, 0.1) is 23.9 Å². The van der Waals surface area contributed by atoms with Gasteiger partial charge in [-0.05, 0) is 39.0 Å². The third-order valence-corrected chi connectivity index (χ3v) is 7.39. The molecule has 2 aliphatic rings. The van der Waals surface area contributed by atoms with Crippen LogP contribution in [0.5, 0.6) is 0 Å². The number of nitrogens with two attached hydrogens (primary N) is 1. The summed E-state index contributed by atoms with van der Waals surface area (Å²) in [7, 11) is -3.25. The van der Waals surface area contributed by atoms with Gasteiger partial charge in [-0.2, -0.15) is 5.26 Å². The molecule has 0 aromatic carbocycles. The van der Waals surface area contributed by atoms with E-state index in [1.807, 2.05) is 6.07 Å². The van der Waals surface area contributed by atoms with Crippen molar-refractivity contribution in [2.24, 2.45) is 11.7 Å². The van der Waals surface area contributed by atoms with E-state index >= 15 is 0 Å². The van der Waals surface area contributed by atoms with Crippen LogP contribution in [0.3, 0.4) is 0 Å². The highest BCUT2D eigenvalue weighted by molar-refractivity contribution is 7.89. The Morgan fingerprint density at radius 1 is 1.36 bits per heavy atom. The number of rotatable bonds is 5. The van der Waals surface area contributed by atoms with Gasteiger partial charge in [0.15, 0.2) is 0 Å². The summed E-state index contributed by atoms with van der Waals surface area (Å²) >= 11 is 0. The number of carbonyl (C=O) groups excluding carboxylic acids is 1. The number of halogens is 1. The summed E-state index contributed by atoms with van der Waals surface area (Å²) in [6.07, 6.45) is 0.603. The molecule has 0 bridgehead atoms. The van der Waals surface area contributed by atoms with Crippen LogP contribution in [0.4, 0.5) is 4.39 Å². The number of hydrogen-bond acceptors (Lipinski definition) is 5. The number of amides is 1. The molecule has 1 amide bonds. The predicted molar refractivity (Wildman–Crippen MR) is 91.6 cm³/mol. The van der Waals surface area contributed by atoms with Crippen LogP contribution in [0.15, 0.2) is 0 Å². The van der Waals surface area contributed by atoms with Crippen molar-refractivity contribution in [2.45, 2.75) is 63.0 Å². The number of nitriles is 1. The molecule has 142 valence electrons. The first-order valence-corrected chi connectivity index (χ1v) is 10.3. The van der Waals surface area contributed by atoms with Crippen LogP contribution in [0.2, 0.25) is 0 Å². The molecule has 7 nitrogen and oxygen atoms in total. The largest absolute Gasteiger partial charge is 0.322 e. The average Bonchev–Trinajstić information content (AvgIpc) is 2.95. The van der Waals surface area contributed by atoms with Crippen molar-refractivity contribution in [1.29, 1.82) is 5.26 Å². The fourth-order valence-corrected chi connectivity index (χ4v) is 4.84. The molecular weight excluding hydrogens is 347 g/mol. The molecular formula is C16H27FN4O3S. The fourth-order valence-electron chi connectivity index (χ4n) is 3.52. The van der Waals surface area contributed by atoms with Crippen molar-refractivity contribution in [3.05, 3.63) is 0 Å². The van der Waals surface area contributed by atoms with Gasteiger partial charge >= 0.3 is 0 Å². The fraction of sp³-hybridized carbons (Fsp3) is 0.875. The lowest BCUT2D eigenvalue weighted by Gasteiger charge is -2.33. The van der Waals surface area contributed by atoms with Crippen molar-refractivity contribution in [3.8, 4) is 6.07 Å². The Kier molecular flexibility index (Phi) is 6.40. The van der Waals surface area contributed by atoms with Crippen molar-refractivity contribution in [3.63, 3.8) is 0 Å². The summed E-state index contributed by atoms with van der Waals surface area (Å²) in [6, 6.07) is 0.431. The van der Waals surface area contributed by atoms with Gasteiger partial charge < -0.3 is 10.6 Å². The van der Waals surface area contributed by atoms with E-state index < -0.39 is 33.5 Å². The molecule has 1 unspecified atom stereocenters. The molecule has 2 saturated heterocycles. The number of likely N-dealkylation sites (tertiary alicyclic amines) is 1. The lowest BCUT2D eigenvalue weighted by Crippen LogP contribution is -2.48. The zero-order chi connectivity index (χ0) is 18.8. The molecule has 0 spiro atoms. The van der Waals surface area contributed by atoms with Crippen LogP contribution < -0.4 is 5.73 Å². The topological polar surface area (TPSA) is 108 Å². The zero-order valence-electron chi connectivity index (χ0n) is 14.8. The normalized spacial score (nSPS) is 27.4. The van der Waals surface area contributed by atoms with Crippen LogP contribution in [0.1, 0.15) is 39.5 Å². The third kappa shape index (κ3) is 4.49. The highest BCUT2D eigenvalue weighted by Crippen LogP contribution is 2.26. The van der Waals surface area contributed by atoms with Crippen LogP contribution in [0.25, 0.3) is 0 Å². The first-order chi connectivity index (χ1) is 11.7. The minimum absolute atomic E-state index is 0.0421. The Balaban J connectivity index is 1.87. The second kappa shape index (κ2) is 7.98. The first kappa shape index (κ1) is 20.1. The molecule has 0 aromatic rings. The van der Waals surface area contributed by atoms with Crippen LogP contribution in [-0.2, 0) is 14.8 Å². The van der Waals surface area contributed by atoms with Crippen molar-refractivity contribution >= 4 is 15.9 Å². The molecule has 0 radical (unpaired) electrons. The summed E-state index contributed by atoms with van der Waals surface area (Å²) in [5, 5.41) is 8.60. The zero-order valence-corrected chi connectivity index (χ0v) is 15.6. The van der Waals surface area contributed by atoms with E-state index in [1.54, 1.807) is 13.8 Å². The number of carbonyl (C=O) groups is 1. The lowest BCUT2D eigenvalue weighted by molar-refractivity contribution is -0.133. The monoisotopic (exact) mass is 374 g/mol. The number of hydrogen-bond donors (Lipinski definition) is 1. The molecule has 2 rings (SSSR count). The molecule has 0 aromatic heterocycles. The predicted octanol–water partition coefficient (Wildman–Crippen LogP) is 0.617. The number of alkyl halides is 1. The number of piperidine rings is 1. The number of sulfonamides is 1. The highest BCUT2D eigenvalue weighted by atomic mass is 32.2. The van der Waals surface area contributed by atoms with E-state index in [-0.39, 0.29) is 24.8 Å². The van der Waals surface area contributed by atoms with E-state index in [0.717, 1.165) is 0 Å². The molecule has 0 saturated carbocycles. The van der Waals surface area contributed by atoms with Gasteiger partial charge in [0.25, 0.3) is 0 Å². The van der Waals surface area contributed by atoms with Crippen molar-refractivity contribution in [2.75, 3.05) is 19.6 Å². The van der Waals surface area contributed by atoms with E-state index in [0.29, 0.717) is 32.4 Å². The van der Waals surface area contributed by atoms with Crippen LogP contribution >= 0.6 is 0 Å². The second-order valence-corrected chi connectivity index (χ2v) is 9.74. The molecule has 2 aliphatic heterocycles. The standard InChI is InChI=1S/C16H27FN4O3S/c1-11(2)25(23,24)20-5-3-12(4-6-20)7-15(19)16(22)21-10-13(17)8-14(21)9-18/h11-15H,3-8,10,19H2,1-2H3/t13-,14?,15-/m0/s1. The highest BCUT2D eigenvalue weighted by Gasteiger charge is 2.38. The molecule has 3 atom stereocenters. The van der Waals surface area contributed by atoms with Gasteiger partial charge in [0.2, 0.25) is 15.9 Å². The molecule has 0 aliphatic carbocycles. The van der Waals surface area contributed by atoms with Gasteiger partial charge in [0, 0.05) is 19.5 Å². The van der Waals surface area contributed by atoms with Crippen molar-refractivity contribution in [1.82, 2.24) is 9.21 Å². The number of nitrogens with zero attached hydrogens (tertiary/aromatic N) is 3. The Bertz CT molecular complexity index is 626. The molecule has 2 fully saturated rings. The Morgan fingerprint density at radius 3 is 2.48 bits per heavy atom. The van der Waals surface area contributed by atoms with Gasteiger partial charge in [-0.1, -0.05) is 0 Å². The first-order valence-electron chi connectivity index (χ1n) is 8.75. The van der Waals surface area contributed by atoms with Gasteiger partial charge in [-0.25, -0.2) is 17.1 Å². The quantitative estimate of drug-likeness (QED) is 0.759. The Hall–Kier alpha value is -1.24. The van der Waals surface area contributed by atoms with E-state index in [4.69, 9.17) is 11.0 Å². The third-order valence-electron chi connectivity index (χ3n) is 5.12. The smallest absolute Gasteiger partial charge is 0.240 e. The maximum absolute atomic E-state index is 13.5. The van der Waals surface area contributed by atoms with Gasteiger partial charge in [-0.15, -0.1) is 0 Å². The van der Waals surface area contributed by atoms with E-state index in [9.17, 15) is 17.6 Å².